The molecule has 4 rings (SSSR count). The highest BCUT2D eigenvalue weighted by molar-refractivity contribution is 5.93. The van der Waals surface area contributed by atoms with Crippen molar-refractivity contribution in [3.05, 3.63) is 11.6 Å². The Morgan fingerprint density at radius 2 is 2.04 bits per heavy atom. The van der Waals surface area contributed by atoms with Crippen LogP contribution in [0.5, 0.6) is 0 Å². The van der Waals surface area contributed by atoms with Crippen molar-refractivity contribution in [1.82, 2.24) is 9.80 Å². The summed E-state index contributed by atoms with van der Waals surface area (Å²) in [6.07, 6.45) is 13.0. The minimum absolute atomic E-state index is 0.324. The normalized spacial score (nSPS) is 29.9. The Morgan fingerprint density at radius 3 is 2.72 bits per heavy atom. The van der Waals surface area contributed by atoms with Crippen LogP contribution < -0.4 is 0 Å². The zero-order valence-corrected chi connectivity index (χ0v) is 15.8. The van der Waals surface area contributed by atoms with Crippen LogP contribution in [-0.4, -0.2) is 61.6 Å². The van der Waals surface area contributed by atoms with Gasteiger partial charge < -0.3 is 14.5 Å². The van der Waals surface area contributed by atoms with E-state index < -0.39 is 0 Å². The van der Waals surface area contributed by atoms with E-state index in [1.165, 1.54) is 38.6 Å². The third-order valence-electron chi connectivity index (χ3n) is 6.91. The molecule has 2 heterocycles. The molecule has 1 atom stereocenters. The van der Waals surface area contributed by atoms with Gasteiger partial charge in [0.25, 0.3) is 0 Å². The van der Waals surface area contributed by atoms with Gasteiger partial charge in [-0.2, -0.15) is 0 Å². The number of amides is 1. The SMILES string of the molecule is CN1CC2(CCN(C(=O)C3=CCCCC3)CC2)CC1COCC1CC1. The number of ether oxygens (including phenoxy) is 1. The van der Waals surface area contributed by atoms with Crippen LogP contribution in [0.1, 0.15) is 57.8 Å². The zero-order valence-electron chi connectivity index (χ0n) is 15.8. The smallest absolute Gasteiger partial charge is 0.249 e. The highest BCUT2D eigenvalue weighted by Gasteiger charge is 2.45. The quantitative estimate of drug-likeness (QED) is 0.766. The lowest BCUT2D eigenvalue weighted by Gasteiger charge is -2.39. The Hall–Kier alpha value is -0.870. The number of likely N-dealkylation sites (tertiary alicyclic amines) is 2. The van der Waals surface area contributed by atoms with E-state index in [0.717, 1.165) is 63.5 Å². The van der Waals surface area contributed by atoms with Crippen molar-refractivity contribution in [3.63, 3.8) is 0 Å². The number of likely N-dealkylation sites (N-methyl/N-ethyl adjacent to an activating group) is 1. The fourth-order valence-electron chi connectivity index (χ4n) is 5.00. The second-order valence-electron chi connectivity index (χ2n) is 9.02. The van der Waals surface area contributed by atoms with Crippen LogP contribution in [0.4, 0.5) is 0 Å². The summed E-state index contributed by atoms with van der Waals surface area (Å²) in [7, 11) is 2.25. The van der Waals surface area contributed by atoms with Crippen LogP contribution >= 0.6 is 0 Å². The zero-order chi connectivity index (χ0) is 17.3. The van der Waals surface area contributed by atoms with E-state index >= 15 is 0 Å². The summed E-state index contributed by atoms with van der Waals surface area (Å²) in [6.45, 7) is 4.92. The molecule has 140 valence electrons. The van der Waals surface area contributed by atoms with Crippen molar-refractivity contribution in [2.45, 2.75) is 63.8 Å². The Balaban J connectivity index is 1.27. The molecule has 0 radical (unpaired) electrons. The molecule has 0 aromatic heterocycles. The molecule has 4 aliphatic rings. The molecule has 4 heteroatoms. The topological polar surface area (TPSA) is 32.8 Å². The van der Waals surface area contributed by atoms with Gasteiger partial charge in [0.1, 0.15) is 0 Å². The van der Waals surface area contributed by atoms with Gasteiger partial charge in [0.15, 0.2) is 0 Å². The van der Waals surface area contributed by atoms with Crippen molar-refractivity contribution in [1.29, 1.82) is 0 Å². The molecule has 1 saturated carbocycles. The van der Waals surface area contributed by atoms with Crippen LogP contribution in [0.3, 0.4) is 0 Å². The number of hydrogen-bond acceptors (Lipinski definition) is 3. The number of carbonyl (C=O) groups excluding carboxylic acids is 1. The van der Waals surface area contributed by atoms with Crippen LogP contribution in [-0.2, 0) is 9.53 Å². The summed E-state index contributed by atoms with van der Waals surface area (Å²) in [6, 6.07) is 0.571. The molecule has 2 aliphatic carbocycles. The van der Waals surface area contributed by atoms with Crippen molar-refractivity contribution >= 4 is 5.91 Å². The number of piperidine rings is 1. The molecule has 4 nitrogen and oxygen atoms in total. The van der Waals surface area contributed by atoms with E-state index in [1.807, 2.05) is 0 Å². The first-order chi connectivity index (χ1) is 12.2. The summed E-state index contributed by atoms with van der Waals surface area (Å²) in [5.74, 6) is 1.18. The monoisotopic (exact) mass is 346 g/mol. The van der Waals surface area contributed by atoms with E-state index in [4.69, 9.17) is 4.74 Å². The number of carbonyl (C=O) groups is 1. The molecular weight excluding hydrogens is 312 g/mol. The first kappa shape index (κ1) is 17.5. The largest absolute Gasteiger partial charge is 0.380 e. The molecule has 2 aliphatic heterocycles. The maximum Gasteiger partial charge on any atom is 0.249 e. The van der Waals surface area contributed by atoms with Crippen LogP contribution in [0, 0.1) is 11.3 Å². The van der Waals surface area contributed by atoms with E-state index in [9.17, 15) is 4.79 Å². The standard InChI is InChI=1S/C21H34N2O2/c1-22-16-21(13-19(22)15-25-14-17-7-8-17)9-11-23(12-10-21)20(24)18-5-3-2-4-6-18/h5,17,19H,2-4,6-16H2,1H3. The Morgan fingerprint density at radius 1 is 1.24 bits per heavy atom. The molecule has 1 spiro atoms. The van der Waals surface area contributed by atoms with Gasteiger partial charge in [-0.05, 0) is 76.2 Å². The molecule has 2 saturated heterocycles. The van der Waals surface area contributed by atoms with E-state index in [0.29, 0.717) is 17.4 Å². The molecule has 1 unspecified atom stereocenters. The van der Waals surface area contributed by atoms with Gasteiger partial charge in [0.2, 0.25) is 5.91 Å². The minimum Gasteiger partial charge on any atom is -0.380 e. The molecule has 1 amide bonds. The predicted octanol–water partition coefficient (Wildman–Crippen LogP) is 3.23. The van der Waals surface area contributed by atoms with E-state index in [2.05, 4.69) is 22.9 Å². The van der Waals surface area contributed by atoms with E-state index in [-0.39, 0.29) is 0 Å². The molecular formula is C21H34N2O2. The first-order valence-corrected chi connectivity index (χ1v) is 10.4. The van der Waals surface area contributed by atoms with Gasteiger partial charge in [-0.25, -0.2) is 0 Å². The fraction of sp³-hybridized carbons (Fsp3) is 0.857. The summed E-state index contributed by atoms with van der Waals surface area (Å²) < 4.78 is 5.97. The van der Waals surface area contributed by atoms with Crippen molar-refractivity contribution in [2.24, 2.45) is 11.3 Å². The average molecular weight is 347 g/mol. The van der Waals surface area contributed by atoms with E-state index in [1.54, 1.807) is 0 Å². The number of allylic oxidation sites excluding steroid dienone is 1. The van der Waals surface area contributed by atoms with Gasteiger partial charge in [-0.15, -0.1) is 0 Å². The van der Waals surface area contributed by atoms with Crippen molar-refractivity contribution in [2.75, 3.05) is 39.9 Å². The first-order valence-electron chi connectivity index (χ1n) is 10.4. The number of hydrogen-bond donors (Lipinski definition) is 0. The highest BCUT2D eigenvalue weighted by atomic mass is 16.5. The van der Waals surface area contributed by atoms with Gasteiger partial charge in [-0.1, -0.05) is 6.08 Å². The lowest BCUT2D eigenvalue weighted by molar-refractivity contribution is -0.129. The molecule has 0 aromatic carbocycles. The molecule has 3 fully saturated rings. The van der Waals surface area contributed by atoms with Crippen molar-refractivity contribution < 1.29 is 9.53 Å². The molecule has 0 aromatic rings. The van der Waals surface area contributed by atoms with Gasteiger partial charge in [0.05, 0.1) is 6.61 Å². The van der Waals surface area contributed by atoms with Crippen LogP contribution in [0.25, 0.3) is 0 Å². The molecule has 0 bridgehead atoms. The van der Waals surface area contributed by atoms with Crippen LogP contribution in [0.15, 0.2) is 11.6 Å². The Kier molecular flexibility index (Phi) is 5.19. The van der Waals surface area contributed by atoms with Gasteiger partial charge in [-0.3, -0.25) is 4.79 Å². The average Bonchev–Trinajstić information content (AvgIpc) is 3.41. The predicted molar refractivity (Wildman–Crippen MR) is 99.4 cm³/mol. The van der Waals surface area contributed by atoms with Crippen molar-refractivity contribution in [3.8, 4) is 0 Å². The molecule has 0 N–H and O–H groups in total. The maximum absolute atomic E-state index is 12.7. The van der Waals surface area contributed by atoms with Gasteiger partial charge in [0, 0.05) is 37.9 Å². The maximum atomic E-state index is 12.7. The lowest BCUT2D eigenvalue weighted by Crippen LogP contribution is -2.44. The van der Waals surface area contributed by atoms with Crippen LogP contribution in [0.2, 0.25) is 0 Å². The third-order valence-corrected chi connectivity index (χ3v) is 6.91. The number of nitrogens with zero attached hydrogens (tertiary/aromatic N) is 2. The summed E-state index contributed by atoms with van der Waals surface area (Å²) in [5.41, 5.74) is 1.50. The Labute approximate surface area is 152 Å². The summed E-state index contributed by atoms with van der Waals surface area (Å²) >= 11 is 0. The summed E-state index contributed by atoms with van der Waals surface area (Å²) in [5, 5.41) is 0. The lowest BCUT2D eigenvalue weighted by atomic mass is 9.76. The third kappa shape index (κ3) is 4.11. The van der Waals surface area contributed by atoms with Gasteiger partial charge >= 0.3 is 0 Å². The minimum atomic E-state index is 0.324. The second-order valence-corrected chi connectivity index (χ2v) is 9.02. The number of rotatable bonds is 5. The summed E-state index contributed by atoms with van der Waals surface area (Å²) in [4.78, 5) is 17.4. The Bertz CT molecular complexity index is 518. The highest BCUT2D eigenvalue weighted by Crippen LogP contribution is 2.43. The second kappa shape index (κ2) is 7.40. The molecule has 25 heavy (non-hydrogen) atoms. The fourth-order valence-corrected chi connectivity index (χ4v) is 5.00.